The maximum Gasteiger partial charge on any atom is 0.372 e. The number of carboxylic acid groups (broad SMARTS) is 1. The normalized spacial score (nSPS) is 10.8. The van der Waals surface area contributed by atoms with Crippen molar-refractivity contribution in [3.63, 3.8) is 0 Å². The Morgan fingerprint density at radius 1 is 1.56 bits per heavy atom. The van der Waals surface area contributed by atoms with Crippen LogP contribution in [-0.2, 0) is 20.1 Å². The minimum atomic E-state index is -1.05. The van der Waals surface area contributed by atoms with Gasteiger partial charge in [-0.05, 0) is 13.0 Å². The average molecular weight is 250 g/mol. The number of aromatic carboxylic acids is 1. The summed E-state index contributed by atoms with van der Waals surface area (Å²) in [5.74, 6) is 0.335. The zero-order valence-electron chi connectivity index (χ0n) is 10.2. The summed E-state index contributed by atoms with van der Waals surface area (Å²) in [6.07, 6.45) is 1.62. The lowest BCUT2D eigenvalue weighted by Gasteiger charge is -2.01. The molecule has 0 unspecified atom stereocenters. The van der Waals surface area contributed by atoms with E-state index in [0.29, 0.717) is 24.4 Å². The number of furan rings is 1. The van der Waals surface area contributed by atoms with Crippen molar-refractivity contribution in [3.8, 4) is 0 Å². The van der Waals surface area contributed by atoms with Crippen LogP contribution in [0.25, 0.3) is 0 Å². The number of aryl methyl sites for hydroxylation is 2. The number of nitrogens with zero attached hydrogens (tertiary/aromatic N) is 3. The molecule has 0 aromatic carbocycles. The minimum absolute atomic E-state index is 0.00883. The van der Waals surface area contributed by atoms with Gasteiger partial charge in [-0.2, -0.15) is 0 Å². The number of carbonyl (C=O) groups is 1. The van der Waals surface area contributed by atoms with Crippen LogP contribution in [0.5, 0.6) is 0 Å². The molecule has 0 fully saturated rings. The first kappa shape index (κ1) is 12.3. The molecule has 18 heavy (non-hydrogen) atoms. The molecular weight excluding hydrogens is 236 g/mol. The molecule has 0 aliphatic heterocycles. The fourth-order valence-corrected chi connectivity index (χ4v) is 1.61. The van der Waals surface area contributed by atoms with E-state index in [1.807, 2.05) is 11.6 Å². The van der Waals surface area contributed by atoms with Gasteiger partial charge in [-0.1, -0.05) is 0 Å². The lowest BCUT2D eigenvalue weighted by Crippen LogP contribution is -2.15. The Kier molecular flexibility index (Phi) is 3.42. The Morgan fingerprint density at radius 3 is 2.89 bits per heavy atom. The Bertz CT molecular complexity index is 558. The van der Waals surface area contributed by atoms with Crippen molar-refractivity contribution in [2.24, 2.45) is 7.05 Å². The van der Waals surface area contributed by atoms with Gasteiger partial charge >= 0.3 is 5.97 Å². The molecule has 2 aromatic rings. The molecule has 0 saturated heterocycles. The predicted molar refractivity (Wildman–Crippen MR) is 62.0 cm³/mol. The molecule has 0 saturated carbocycles. The second-order valence-corrected chi connectivity index (χ2v) is 3.99. The maximum absolute atomic E-state index is 10.8. The molecule has 0 spiro atoms. The van der Waals surface area contributed by atoms with Crippen molar-refractivity contribution in [3.05, 3.63) is 35.3 Å². The van der Waals surface area contributed by atoms with Gasteiger partial charge in [0.25, 0.3) is 0 Å². The van der Waals surface area contributed by atoms with Crippen molar-refractivity contribution < 1.29 is 14.3 Å². The number of aromatic nitrogens is 3. The Labute approximate surface area is 103 Å². The number of carboxylic acids is 1. The van der Waals surface area contributed by atoms with Crippen molar-refractivity contribution >= 4 is 5.97 Å². The van der Waals surface area contributed by atoms with Crippen LogP contribution >= 0.6 is 0 Å². The molecule has 0 atom stereocenters. The van der Waals surface area contributed by atoms with Gasteiger partial charge < -0.3 is 19.4 Å². The fourth-order valence-electron chi connectivity index (χ4n) is 1.61. The van der Waals surface area contributed by atoms with Gasteiger partial charge in [-0.3, -0.25) is 0 Å². The van der Waals surface area contributed by atoms with Crippen molar-refractivity contribution in [1.82, 2.24) is 20.1 Å². The lowest BCUT2D eigenvalue weighted by atomic mass is 10.2. The molecule has 7 heteroatoms. The van der Waals surface area contributed by atoms with Gasteiger partial charge in [0.1, 0.15) is 17.9 Å². The van der Waals surface area contributed by atoms with E-state index in [2.05, 4.69) is 15.5 Å². The smallest absolute Gasteiger partial charge is 0.372 e. The molecule has 0 aliphatic carbocycles. The highest BCUT2D eigenvalue weighted by atomic mass is 16.4. The first-order valence-corrected chi connectivity index (χ1v) is 5.44. The summed E-state index contributed by atoms with van der Waals surface area (Å²) in [7, 11) is 1.86. The summed E-state index contributed by atoms with van der Waals surface area (Å²) in [4.78, 5) is 10.8. The second-order valence-electron chi connectivity index (χ2n) is 3.99. The molecule has 0 bridgehead atoms. The van der Waals surface area contributed by atoms with Crippen LogP contribution in [0.3, 0.4) is 0 Å². The lowest BCUT2D eigenvalue weighted by molar-refractivity contribution is 0.0659. The summed E-state index contributed by atoms with van der Waals surface area (Å²) >= 11 is 0. The first-order chi connectivity index (χ1) is 8.58. The number of rotatable bonds is 5. The van der Waals surface area contributed by atoms with Gasteiger partial charge in [0.05, 0.1) is 13.1 Å². The molecule has 2 heterocycles. The summed E-state index contributed by atoms with van der Waals surface area (Å²) in [5.41, 5.74) is 0.623. The zero-order chi connectivity index (χ0) is 13.1. The van der Waals surface area contributed by atoms with Crippen LogP contribution in [0.1, 0.15) is 27.7 Å². The monoisotopic (exact) mass is 250 g/mol. The molecule has 2 N–H and O–H groups in total. The molecule has 7 nitrogen and oxygen atoms in total. The van der Waals surface area contributed by atoms with Gasteiger partial charge in [-0.15, -0.1) is 10.2 Å². The topological polar surface area (TPSA) is 93.2 Å². The maximum atomic E-state index is 10.8. The minimum Gasteiger partial charge on any atom is -0.475 e. The Hall–Kier alpha value is -2.15. The predicted octanol–water partition coefficient (Wildman–Crippen LogP) is 0.705. The molecular formula is C11H14N4O3. The third kappa shape index (κ3) is 2.57. The van der Waals surface area contributed by atoms with Crippen molar-refractivity contribution in [2.45, 2.75) is 20.0 Å². The molecule has 0 aliphatic rings. The standard InChI is InChI=1S/C11H14N4O3/c1-7-3-8(18-10(7)11(16)17)4-12-5-9-14-13-6-15(9)2/h3,6,12H,4-5H2,1-2H3,(H,16,17). The number of hydrogen-bond donors (Lipinski definition) is 2. The average Bonchev–Trinajstić information content (AvgIpc) is 2.86. The van der Waals surface area contributed by atoms with E-state index in [4.69, 9.17) is 9.52 Å². The zero-order valence-corrected chi connectivity index (χ0v) is 10.2. The van der Waals surface area contributed by atoms with E-state index in [1.54, 1.807) is 19.3 Å². The van der Waals surface area contributed by atoms with E-state index in [9.17, 15) is 4.79 Å². The Morgan fingerprint density at radius 2 is 2.33 bits per heavy atom. The quantitative estimate of drug-likeness (QED) is 0.811. The van der Waals surface area contributed by atoms with Gasteiger partial charge in [0.2, 0.25) is 5.76 Å². The molecule has 0 radical (unpaired) electrons. The third-order valence-electron chi connectivity index (χ3n) is 2.55. The molecule has 2 aromatic heterocycles. The van der Waals surface area contributed by atoms with Gasteiger partial charge in [0.15, 0.2) is 0 Å². The SMILES string of the molecule is Cc1cc(CNCc2nncn2C)oc1C(=O)O. The van der Waals surface area contributed by atoms with Crippen LogP contribution in [0, 0.1) is 6.92 Å². The fraction of sp³-hybridized carbons (Fsp3) is 0.364. The highest BCUT2D eigenvalue weighted by molar-refractivity contribution is 5.86. The van der Waals surface area contributed by atoms with Crippen LogP contribution in [-0.4, -0.2) is 25.8 Å². The van der Waals surface area contributed by atoms with Crippen LogP contribution in [0.2, 0.25) is 0 Å². The Balaban J connectivity index is 1.93. The summed E-state index contributed by atoms with van der Waals surface area (Å²) < 4.78 is 7.03. The molecule has 2 rings (SSSR count). The third-order valence-corrected chi connectivity index (χ3v) is 2.55. The van der Waals surface area contributed by atoms with Crippen LogP contribution in [0.15, 0.2) is 16.8 Å². The van der Waals surface area contributed by atoms with E-state index >= 15 is 0 Å². The van der Waals surface area contributed by atoms with E-state index in [-0.39, 0.29) is 5.76 Å². The first-order valence-electron chi connectivity index (χ1n) is 5.44. The largest absolute Gasteiger partial charge is 0.475 e. The molecule has 96 valence electrons. The van der Waals surface area contributed by atoms with Crippen molar-refractivity contribution in [2.75, 3.05) is 0 Å². The number of hydrogen-bond acceptors (Lipinski definition) is 5. The van der Waals surface area contributed by atoms with E-state index in [1.165, 1.54) is 0 Å². The number of nitrogens with one attached hydrogen (secondary N) is 1. The van der Waals surface area contributed by atoms with Gasteiger partial charge in [-0.25, -0.2) is 4.79 Å². The van der Waals surface area contributed by atoms with E-state index in [0.717, 1.165) is 5.82 Å². The highest BCUT2D eigenvalue weighted by Crippen LogP contribution is 2.14. The van der Waals surface area contributed by atoms with Crippen LogP contribution in [0.4, 0.5) is 0 Å². The molecule has 0 amide bonds. The van der Waals surface area contributed by atoms with Crippen LogP contribution < -0.4 is 5.32 Å². The highest BCUT2D eigenvalue weighted by Gasteiger charge is 2.13. The van der Waals surface area contributed by atoms with Crippen molar-refractivity contribution in [1.29, 1.82) is 0 Å². The van der Waals surface area contributed by atoms with Gasteiger partial charge in [0, 0.05) is 12.6 Å². The summed E-state index contributed by atoms with van der Waals surface area (Å²) in [6, 6.07) is 1.72. The summed E-state index contributed by atoms with van der Waals surface area (Å²) in [6.45, 7) is 2.69. The second kappa shape index (κ2) is 5.01. The van der Waals surface area contributed by atoms with E-state index < -0.39 is 5.97 Å². The summed E-state index contributed by atoms with van der Waals surface area (Å²) in [5, 5.41) is 19.7.